The van der Waals surface area contributed by atoms with Gasteiger partial charge in [-0.1, -0.05) is 5.21 Å². The monoisotopic (exact) mass is 310 g/mol. The first-order valence-corrected chi connectivity index (χ1v) is 7.13. The number of alkyl halides is 2. The molecule has 2 aromatic heterocycles. The molecule has 0 fully saturated rings. The van der Waals surface area contributed by atoms with Crippen LogP contribution in [0.5, 0.6) is 0 Å². The summed E-state index contributed by atoms with van der Waals surface area (Å²) < 4.78 is 27.2. The van der Waals surface area contributed by atoms with Crippen molar-refractivity contribution in [2.24, 2.45) is 0 Å². The van der Waals surface area contributed by atoms with Crippen LogP contribution in [0.1, 0.15) is 24.2 Å². The molecule has 3 rings (SSSR count). The summed E-state index contributed by atoms with van der Waals surface area (Å²) in [5.41, 5.74) is 2.36. The van der Waals surface area contributed by atoms with Gasteiger partial charge in [0.25, 0.3) is 6.43 Å². The molecule has 0 spiro atoms. The lowest BCUT2D eigenvalue weighted by Crippen LogP contribution is -2.21. The quantitative estimate of drug-likeness (QED) is 0.902. The molecule has 2 aromatic rings. The molecular formula is C13H16F2N6O. The third-order valence-corrected chi connectivity index (χ3v) is 3.53. The van der Waals surface area contributed by atoms with Gasteiger partial charge in [-0.05, 0) is 25.7 Å². The number of hydrogen-bond acceptors (Lipinski definition) is 4. The summed E-state index contributed by atoms with van der Waals surface area (Å²) in [5, 5.41) is 14.5. The van der Waals surface area contributed by atoms with Gasteiger partial charge in [0, 0.05) is 6.20 Å². The van der Waals surface area contributed by atoms with Gasteiger partial charge in [0.2, 0.25) is 5.91 Å². The van der Waals surface area contributed by atoms with Gasteiger partial charge in [0.05, 0.1) is 23.3 Å². The average Bonchev–Trinajstić information content (AvgIpc) is 3.06. The van der Waals surface area contributed by atoms with Gasteiger partial charge >= 0.3 is 0 Å². The molecule has 1 aliphatic carbocycles. The summed E-state index contributed by atoms with van der Waals surface area (Å²) >= 11 is 0. The number of fused-ring (bicyclic) bond motifs is 1. The summed E-state index contributed by atoms with van der Waals surface area (Å²) in [5.74, 6) is -0.283. The summed E-state index contributed by atoms with van der Waals surface area (Å²) in [6, 6.07) is 0. The number of nitrogens with zero attached hydrogens (tertiary/aromatic N) is 5. The number of aromatic nitrogens is 5. The van der Waals surface area contributed by atoms with Crippen molar-refractivity contribution < 1.29 is 13.6 Å². The Morgan fingerprint density at radius 1 is 1.36 bits per heavy atom. The van der Waals surface area contributed by atoms with E-state index in [0.29, 0.717) is 5.69 Å². The zero-order chi connectivity index (χ0) is 15.5. The molecule has 2 heterocycles. The van der Waals surface area contributed by atoms with E-state index >= 15 is 0 Å². The number of carbonyl (C=O) groups excluding carboxylic acids is 1. The first-order chi connectivity index (χ1) is 10.6. The highest BCUT2D eigenvalue weighted by Crippen LogP contribution is 2.18. The van der Waals surface area contributed by atoms with Crippen LogP contribution >= 0.6 is 0 Å². The SMILES string of the molecule is O=C(Cn1nnc2c1CCCC2)Nc1cnn(CC(F)F)c1. The smallest absolute Gasteiger partial charge is 0.257 e. The standard InChI is InChI=1S/C13H16F2N6O/c14-12(15)7-20-6-9(5-16-20)17-13(22)8-21-11-4-2-1-3-10(11)18-19-21/h5-6,12H,1-4,7-8H2,(H,17,22). The fourth-order valence-corrected chi connectivity index (χ4v) is 2.55. The number of carbonyl (C=O) groups is 1. The second-order valence-corrected chi connectivity index (χ2v) is 5.24. The zero-order valence-electron chi connectivity index (χ0n) is 11.9. The molecule has 0 saturated heterocycles. The van der Waals surface area contributed by atoms with Crippen molar-refractivity contribution in [1.82, 2.24) is 24.8 Å². The third-order valence-electron chi connectivity index (χ3n) is 3.53. The van der Waals surface area contributed by atoms with Crippen LogP contribution in [0.3, 0.4) is 0 Å². The van der Waals surface area contributed by atoms with Gasteiger partial charge < -0.3 is 5.32 Å². The minimum absolute atomic E-state index is 0.0579. The normalized spacial score (nSPS) is 14.1. The van der Waals surface area contributed by atoms with Crippen molar-refractivity contribution in [2.45, 2.75) is 45.2 Å². The maximum absolute atomic E-state index is 12.2. The largest absolute Gasteiger partial charge is 0.322 e. The Balaban J connectivity index is 1.60. The van der Waals surface area contributed by atoms with Gasteiger partial charge in [-0.25, -0.2) is 13.5 Å². The third kappa shape index (κ3) is 3.29. The minimum Gasteiger partial charge on any atom is -0.322 e. The Morgan fingerprint density at radius 2 is 2.18 bits per heavy atom. The summed E-state index contributed by atoms with van der Waals surface area (Å²) in [7, 11) is 0. The molecule has 1 aliphatic rings. The van der Waals surface area contributed by atoms with Gasteiger partial charge in [0.1, 0.15) is 13.1 Å². The van der Waals surface area contributed by atoms with Crippen LogP contribution < -0.4 is 5.32 Å². The van der Waals surface area contributed by atoms with Crippen LogP contribution in [0.15, 0.2) is 12.4 Å². The molecule has 0 radical (unpaired) electrons. The van der Waals surface area contributed by atoms with Crippen LogP contribution in [0, 0.1) is 0 Å². The van der Waals surface area contributed by atoms with Crippen LogP contribution in [-0.2, 0) is 30.7 Å². The summed E-state index contributed by atoms with van der Waals surface area (Å²) in [6.45, 7) is -0.436. The van der Waals surface area contributed by atoms with E-state index in [-0.39, 0.29) is 12.5 Å². The number of anilines is 1. The molecule has 0 bridgehead atoms. The predicted molar refractivity (Wildman–Crippen MR) is 73.5 cm³/mol. The number of aryl methyl sites for hydroxylation is 1. The van der Waals surface area contributed by atoms with Crippen LogP contribution in [0.4, 0.5) is 14.5 Å². The lowest BCUT2D eigenvalue weighted by atomic mass is 10.0. The number of rotatable bonds is 5. The highest BCUT2D eigenvalue weighted by molar-refractivity contribution is 5.90. The fraction of sp³-hybridized carbons (Fsp3) is 0.538. The van der Waals surface area contributed by atoms with E-state index in [4.69, 9.17) is 0 Å². The van der Waals surface area contributed by atoms with Crippen molar-refractivity contribution in [1.29, 1.82) is 0 Å². The van der Waals surface area contributed by atoms with E-state index < -0.39 is 13.0 Å². The van der Waals surface area contributed by atoms with Crippen molar-refractivity contribution in [3.05, 3.63) is 23.8 Å². The molecule has 0 aromatic carbocycles. The molecule has 9 heteroatoms. The predicted octanol–water partition coefficient (Wildman–Crippen LogP) is 1.26. The molecule has 1 N–H and O–H groups in total. The second kappa shape index (κ2) is 6.20. The molecule has 0 aliphatic heterocycles. The van der Waals surface area contributed by atoms with E-state index in [1.54, 1.807) is 4.68 Å². The molecule has 1 amide bonds. The lowest BCUT2D eigenvalue weighted by molar-refractivity contribution is -0.117. The summed E-state index contributed by atoms with van der Waals surface area (Å²) in [4.78, 5) is 12.0. The van der Waals surface area contributed by atoms with Crippen molar-refractivity contribution in [3.63, 3.8) is 0 Å². The van der Waals surface area contributed by atoms with Crippen molar-refractivity contribution in [3.8, 4) is 0 Å². The Morgan fingerprint density at radius 3 is 3.00 bits per heavy atom. The highest BCUT2D eigenvalue weighted by atomic mass is 19.3. The first-order valence-electron chi connectivity index (χ1n) is 7.13. The zero-order valence-corrected chi connectivity index (χ0v) is 11.9. The Hall–Kier alpha value is -2.32. The van der Waals surface area contributed by atoms with Gasteiger partial charge in [-0.15, -0.1) is 5.10 Å². The van der Waals surface area contributed by atoms with E-state index in [2.05, 4.69) is 20.7 Å². The molecule has 0 atom stereocenters. The number of hydrogen-bond donors (Lipinski definition) is 1. The topological polar surface area (TPSA) is 77.6 Å². The molecule has 118 valence electrons. The van der Waals surface area contributed by atoms with Gasteiger partial charge in [-0.3, -0.25) is 9.48 Å². The van der Waals surface area contributed by atoms with E-state index in [0.717, 1.165) is 41.8 Å². The molecule has 0 unspecified atom stereocenters. The highest BCUT2D eigenvalue weighted by Gasteiger charge is 2.18. The number of halogens is 2. The van der Waals surface area contributed by atoms with Crippen molar-refractivity contribution in [2.75, 3.05) is 5.32 Å². The second-order valence-electron chi connectivity index (χ2n) is 5.24. The van der Waals surface area contributed by atoms with Crippen LogP contribution in [-0.4, -0.2) is 37.1 Å². The lowest BCUT2D eigenvalue weighted by Gasteiger charge is -2.11. The molecule has 22 heavy (non-hydrogen) atoms. The van der Waals surface area contributed by atoms with Gasteiger partial charge in [0.15, 0.2) is 0 Å². The Kier molecular flexibility index (Phi) is 4.12. The fourth-order valence-electron chi connectivity index (χ4n) is 2.55. The van der Waals surface area contributed by atoms with E-state index in [1.807, 2.05) is 0 Å². The van der Waals surface area contributed by atoms with E-state index in [9.17, 15) is 13.6 Å². The maximum atomic E-state index is 12.2. The van der Waals surface area contributed by atoms with Crippen LogP contribution in [0.25, 0.3) is 0 Å². The van der Waals surface area contributed by atoms with Crippen molar-refractivity contribution >= 4 is 11.6 Å². The summed E-state index contributed by atoms with van der Waals surface area (Å²) in [6.07, 6.45) is 4.19. The van der Waals surface area contributed by atoms with Gasteiger partial charge in [-0.2, -0.15) is 5.10 Å². The van der Waals surface area contributed by atoms with E-state index in [1.165, 1.54) is 12.4 Å². The minimum atomic E-state index is -2.48. The van der Waals surface area contributed by atoms with Crippen LogP contribution in [0.2, 0.25) is 0 Å². The molecule has 0 saturated carbocycles. The number of nitrogens with one attached hydrogen (secondary N) is 1. The first kappa shape index (κ1) is 14.6. The average molecular weight is 310 g/mol. The maximum Gasteiger partial charge on any atom is 0.257 e. The molecule has 7 nitrogen and oxygen atoms in total. The Labute approximate surface area is 125 Å². The number of amides is 1. The Bertz CT molecular complexity index is 665. The molecular weight excluding hydrogens is 294 g/mol.